The first-order chi connectivity index (χ1) is 9.10. The van der Waals surface area contributed by atoms with Crippen molar-refractivity contribution in [2.24, 2.45) is 5.41 Å². The van der Waals surface area contributed by atoms with Crippen LogP contribution in [0.15, 0.2) is 18.2 Å². The Morgan fingerprint density at radius 2 is 1.50 bits per heavy atom. The maximum Gasteiger partial charge on any atom is 0.303 e. The molecule has 1 aromatic carbocycles. The van der Waals surface area contributed by atoms with E-state index >= 15 is 0 Å². The van der Waals surface area contributed by atoms with Gasteiger partial charge in [-0.1, -0.05) is 59.7 Å². The molecule has 20 heavy (non-hydrogen) atoms. The number of carboxylic acid groups (broad SMARTS) is 1. The maximum atomic E-state index is 11.0. The third-order valence-electron chi connectivity index (χ3n) is 3.68. The van der Waals surface area contributed by atoms with E-state index in [2.05, 4.69) is 45.9 Å². The molecule has 0 atom stereocenters. The first-order valence-electron chi connectivity index (χ1n) is 7.46. The van der Waals surface area contributed by atoms with Gasteiger partial charge in [0.15, 0.2) is 0 Å². The molecule has 0 aromatic heterocycles. The number of hydrogen-bond acceptors (Lipinski definition) is 1. The third-order valence-corrected chi connectivity index (χ3v) is 3.68. The molecule has 1 rings (SSSR count). The van der Waals surface area contributed by atoms with Crippen LogP contribution in [0.3, 0.4) is 0 Å². The van der Waals surface area contributed by atoms with Crippen molar-refractivity contribution in [3.63, 3.8) is 0 Å². The normalized spacial score (nSPS) is 12.2. The minimum absolute atomic E-state index is 0.204. The minimum atomic E-state index is -0.723. The molecule has 1 aromatic rings. The summed E-state index contributed by atoms with van der Waals surface area (Å²) in [5.41, 5.74) is 3.73. The van der Waals surface area contributed by atoms with Gasteiger partial charge in [0, 0.05) is 0 Å². The average Bonchev–Trinajstić information content (AvgIpc) is 2.25. The van der Waals surface area contributed by atoms with Gasteiger partial charge < -0.3 is 5.11 Å². The summed E-state index contributed by atoms with van der Waals surface area (Å²) >= 11 is 0. The molecule has 0 aliphatic heterocycles. The van der Waals surface area contributed by atoms with Crippen LogP contribution in [0, 0.1) is 5.41 Å². The molecule has 1 N–H and O–H groups in total. The van der Waals surface area contributed by atoms with Gasteiger partial charge in [0.1, 0.15) is 0 Å². The molecule has 2 heteroatoms. The SMILES string of the molecule is CC(C)c1cc(CC(C)(C)CC(=O)O)cc(C(C)C)c1. The summed E-state index contributed by atoms with van der Waals surface area (Å²) in [6.45, 7) is 12.9. The van der Waals surface area contributed by atoms with E-state index in [1.807, 2.05) is 13.8 Å². The van der Waals surface area contributed by atoms with Crippen LogP contribution in [0.4, 0.5) is 0 Å². The van der Waals surface area contributed by atoms with E-state index in [0.717, 1.165) is 6.42 Å². The highest BCUT2D eigenvalue weighted by atomic mass is 16.4. The predicted octanol–water partition coefficient (Wildman–Crippen LogP) is 4.98. The lowest BCUT2D eigenvalue weighted by Crippen LogP contribution is -2.20. The summed E-state index contributed by atoms with van der Waals surface area (Å²) < 4.78 is 0. The van der Waals surface area contributed by atoms with Crippen LogP contribution in [0.2, 0.25) is 0 Å². The number of carboxylic acids is 1. The Labute approximate surface area is 123 Å². The molecule has 0 amide bonds. The van der Waals surface area contributed by atoms with Gasteiger partial charge >= 0.3 is 5.97 Å². The molecular weight excluding hydrogens is 248 g/mol. The average molecular weight is 276 g/mol. The van der Waals surface area contributed by atoms with Crippen LogP contribution in [-0.4, -0.2) is 11.1 Å². The molecule has 0 saturated heterocycles. The third kappa shape index (κ3) is 4.99. The summed E-state index contributed by atoms with van der Waals surface area (Å²) in [5.74, 6) is 0.268. The van der Waals surface area contributed by atoms with Gasteiger partial charge in [0.25, 0.3) is 0 Å². The van der Waals surface area contributed by atoms with E-state index in [0.29, 0.717) is 11.8 Å². The number of aliphatic carboxylic acids is 1. The molecule has 0 aliphatic carbocycles. The second kappa shape index (κ2) is 6.43. The standard InChI is InChI=1S/C18H28O2/c1-12(2)15-7-14(8-16(9-15)13(3)4)10-18(5,6)11-17(19)20/h7-9,12-13H,10-11H2,1-6H3,(H,19,20). The molecule has 0 radical (unpaired) electrons. The first kappa shape index (κ1) is 16.7. The second-order valence-corrected chi connectivity index (χ2v) is 7.23. The Morgan fingerprint density at radius 3 is 1.85 bits per heavy atom. The van der Waals surface area contributed by atoms with Crippen molar-refractivity contribution in [2.75, 3.05) is 0 Å². The van der Waals surface area contributed by atoms with Crippen molar-refractivity contribution < 1.29 is 9.90 Å². The Balaban J connectivity index is 3.08. The summed E-state index contributed by atoms with van der Waals surface area (Å²) in [6, 6.07) is 6.75. The Morgan fingerprint density at radius 1 is 1.05 bits per heavy atom. The van der Waals surface area contributed by atoms with Gasteiger partial charge in [-0.15, -0.1) is 0 Å². The monoisotopic (exact) mass is 276 g/mol. The van der Waals surface area contributed by atoms with Crippen molar-refractivity contribution in [3.8, 4) is 0 Å². The summed E-state index contributed by atoms with van der Waals surface area (Å²) in [4.78, 5) is 11.0. The van der Waals surface area contributed by atoms with Crippen LogP contribution in [-0.2, 0) is 11.2 Å². The zero-order valence-corrected chi connectivity index (χ0v) is 13.7. The smallest absolute Gasteiger partial charge is 0.303 e. The van der Waals surface area contributed by atoms with Crippen molar-refractivity contribution in [1.82, 2.24) is 0 Å². The van der Waals surface area contributed by atoms with Gasteiger partial charge in [0.2, 0.25) is 0 Å². The molecule has 2 nitrogen and oxygen atoms in total. The second-order valence-electron chi connectivity index (χ2n) is 7.23. The fourth-order valence-electron chi connectivity index (χ4n) is 2.54. The number of benzene rings is 1. The highest BCUT2D eigenvalue weighted by Gasteiger charge is 2.23. The lowest BCUT2D eigenvalue weighted by atomic mass is 9.81. The van der Waals surface area contributed by atoms with Crippen molar-refractivity contribution in [3.05, 3.63) is 34.9 Å². The van der Waals surface area contributed by atoms with Crippen molar-refractivity contribution in [2.45, 2.75) is 66.2 Å². The van der Waals surface area contributed by atoms with Gasteiger partial charge in [0.05, 0.1) is 6.42 Å². The quantitative estimate of drug-likeness (QED) is 0.796. The zero-order valence-electron chi connectivity index (χ0n) is 13.7. The van der Waals surface area contributed by atoms with E-state index in [1.165, 1.54) is 16.7 Å². The lowest BCUT2D eigenvalue weighted by Gasteiger charge is -2.24. The largest absolute Gasteiger partial charge is 0.481 e. The van der Waals surface area contributed by atoms with E-state index in [1.54, 1.807) is 0 Å². The molecule has 0 unspecified atom stereocenters. The van der Waals surface area contributed by atoms with Gasteiger partial charge in [-0.05, 0) is 40.4 Å². The van der Waals surface area contributed by atoms with Crippen LogP contribution in [0.1, 0.15) is 76.5 Å². The molecule has 0 saturated carbocycles. The Hall–Kier alpha value is -1.31. The van der Waals surface area contributed by atoms with Crippen molar-refractivity contribution >= 4 is 5.97 Å². The lowest BCUT2D eigenvalue weighted by molar-refractivity contribution is -0.139. The van der Waals surface area contributed by atoms with E-state index in [-0.39, 0.29) is 11.8 Å². The summed E-state index contributed by atoms with van der Waals surface area (Å²) in [7, 11) is 0. The summed E-state index contributed by atoms with van der Waals surface area (Å²) in [6.07, 6.45) is 1.01. The van der Waals surface area contributed by atoms with E-state index < -0.39 is 5.97 Å². The molecule has 0 bridgehead atoms. The van der Waals surface area contributed by atoms with E-state index in [9.17, 15) is 4.79 Å². The first-order valence-corrected chi connectivity index (χ1v) is 7.46. The molecular formula is C18H28O2. The Bertz CT molecular complexity index is 444. The highest BCUT2D eigenvalue weighted by molar-refractivity contribution is 5.67. The summed E-state index contributed by atoms with van der Waals surface area (Å²) in [5, 5.41) is 9.01. The predicted molar refractivity (Wildman–Crippen MR) is 84.4 cm³/mol. The fraction of sp³-hybridized carbons (Fsp3) is 0.611. The number of carbonyl (C=O) groups is 1. The van der Waals surface area contributed by atoms with Gasteiger partial charge in [-0.2, -0.15) is 0 Å². The molecule has 112 valence electrons. The fourth-order valence-corrected chi connectivity index (χ4v) is 2.54. The van der Waals surface area contributed by atoms with Crippen LogP contribution >= 0.6 is 0 Å². The number of rotatable bonds is 6. The van der Waals surface area contributed by atoms with Crippen LogP contribution in [0.25, 0.3) is 0 Å². The van der Waals surface area contributed by atoms with Gasteiger partial charge in [-0.25, -0.2) is 0 Å². The zero-order chi connectivity index (χ0) is 15.5. The van der Waals surface area contributed by atoms with Crippen molar-refractivity contribution in [1.29, 1.82) is 0 Å². The molecule has 0 spiro atoms. The minimum Gasteiger partial charge on any atom is -0.481 e. The topological polar surface area (TPSA) is 37.3 Å². The maximum absolute atomic E-state index is 11.0. The molecule has 0 aliphatic rings. The van der Waals surface area contributed by atoms with Crippen LogP contribution in [0.5, 0.6) is 0 Å². The van der Waals surface area contributed by atoms with E-state index in [4.69, 9.17) is 5.11 Å². The molecule has 0 heterocycles. The highest BCUT2D eigenvalue weighted by Crippen LogP contribution is 2.30. The Kier molecular flexibility index (Phi) is 5.38. The molecule has 0 fully saturated rings. The number of hydrogen-bond donors (Lipinski definition) is 1. The van der Waals surface area contributed by atoms with Crippen LogP contribution < -0.4 is 0 Å². The van der Waals surface area contributed by atoms with Gasteiger partial charge in [-0.3, -0.25) is 4.79 Å².